The van der Waals surface area contributed by atoms with Crippen molar-refractivity contribution in [2.24, 2.45) is 16.3 Å². The quantitative estimate of drug-likeness (QED) is 0.351. The van der Waals surface area contributed by atoms with Crippen LogP contribution in [0.25, 0.3) is 0 Å². The lowest BCUT2D eigenvalue weighted by atomic mass is 9.78. The van der Waals surface area contributed by atoms with E-state index in [1.807, 2.05) is 0 Å². The van der Waals surface area contributed by atoms with Crippen LogP contribution in [0.5, 0.6) is 5.75 Å². The van der Waals surface area contributed by atoms with Gasteiger partial charge in [0.15, 0.2) is 17.5 Å². The summed E-state index contributed by atoms with van der Waals surface area (Å²) in [5, 5.41) is 15.8. The topological polar surface area (TPSA) is 65.9 Å². The molecule has 26 heavy (non-hydrogen) atoms. The minimum Gasteiger partial charge on any atom is -0.505 e. The van der Waals surface area contributed by atoms with E-state index >= 15 is 0 Å². The Bertz CT molecular complexity index is 605. The normalized spacial score (nSPS) is 21.0. The number of benzene rings is 1. The highest BCUT2D eigenvalue weighted by molar-refractivity contribution is 14.0. The van der Waals surface area contributed by atoms with Crippen molar-refractivity contribution in [3.8, 4) is 5.75 Å². The molecule has 0 bridgehead atoms. The fourth-order valence-corrected chi connectivity index (χ4v) is 3.30. The van der Waals surface area contributed by atoms with Crippen LogP contribution in [0.1, 0.15) is 39.2 Å². The summed E-state index contributed by atoms with van der Waals surface area (Å²) in [4.78, 5) is 4.23. The number of phenols is 1. The summed E-state index contributed by atoms with van der Waals surface area (Å²) < 4.78 is 19.4. The summed E-state index contributed by atoms with van der Waals surface area (Å²) in [6, 6.07) is 4.36. The van der Waals surface area contributed by atoms with E-state index in [1.54, 1.807) is 13.1 Å². The molecule has 1 aromatic rings. The highest BCUT2D eigenvalue weighted by Crippen LogP contribution is 2.33. The van der Waals surface area contributed by atoms with Gasteiger partial charge in [0.1, 0.15) is 0 Å². The lowest BCUT2D eigenvalue weighted by molar-refractivity contribution is -0.0835. The zero-order chi connectivity index (χ0) is 18.4. The van der Waals surface area contributed by atoms with Crippen LogP contribution in [0.3, 0.4) is 0 Å². The van der Waals surface area contributed by atoms with Gasteiger partial charge >= 0.3 is 0 Å². The van der Waals surface area contributed by atoms with Gasteiger partial charge in [-0.25, -0.2) is 4.39 Å². The van der Waals surface area contributed by atoms with E-state index in [4.69, 9.17) is 4.74 Å². The second-order valence-corrected chi connectivity index (χ2v) is 7.65. The van der Waals surface area contributed by atoms with E-state index < -0.39 is 5.82 Å². The monoisotopic (exact) mass is 479 g/mol. The average Bonchev–Trinajstić information content (AvgIpc) is 2.57. The van der Waals surface area contributed by atoms with Gasteiger partial charge in [-0.2, -0.15) is 0 Å². The van der Waals surface area contributed by atoms with Crippen LogP contribution in [-0.4, -0.2) is 37.4 Å². The van der Waals surface area contributed by atoms with Crippen molar-refractivity contribution in [3.05, 3.63) is 29.6 Å². The number of guanidine groups is 1. The summed E-state index contributed by atoms with van der Waals surface area (Å²) in [5.41, 5.74) is 0.847. The molecule has 5 nitrogen and oxygen atoms in total. The van der Waals surface area contributed by atoms with Crippen molar-refractivity contribution in [2.45, 2.75) is 46.3 Å². The molecule has 7 heteroatoms. The third-order valence-corrected chi connectivity index (χ3v) is 4.53. The van der Waals surface area contributed by atoms with Crippen LogP contribution in [0.4, 0.5) is 4.39 Å². The third kappa shape index (κ3) is 6.57. The lowest BCUT2D eigenvalue weighted by Gasteiger charge is -2.40. The van der Waals surface area contributed by atoms with Crippen molar-refractivity contribution < 1.29 is 14.2 Å². The highest BCUT2D eigenvalue weighted by atomic mass is 127. The Morgan fingerprint density at radius 1 is 1.35 bits per heavy atom. The van der Waals surface area contributed by atoms with E-state index in [2.05, 4.69) is 36.4 Å². The maximum absolute atomic E-state index is 13.4. The number of nitrogens with one attached hydrogen (secondary N) is 2. The van der Waals surface area contributed by atoms with Crippen LogP contribution in [-0.2, 0) is 11.3 Å². The first-order valence-electron chi connectivity index (χ1n) is 8.84. The molecule has 0 amide bonds. The molecule has 2 rings (SSSR count). The molecule has 1 saturated heterocycles. The van der Waals surface area contributed by atoms with E-state index in [1.165, 1.54) is 12.1 Å². The van der Waals surface area contributed by atoms with E-state index in [0.29, 0.717) is 18.4 Å². The van der Waals surface area contributed by atoms with Gasteiger partial charge in [0.05, 0.1) is 6.10 Å². The summed E-state index contributed by atoms with van der Waals surface area (Å²) in [6.45, 7) is 8.68. The van der Waals surface area contributed by atoms with Gasteiger partial charge in [0.25, 0.3) is 0 Å². The summed E-state index contributed by atoms with van der Waals surface area (Å²) in [5.74, 6) is 0.150. The van der Waals surface area contributed by atoms with Crippen LogP contribution in [0, 0.1) is 17.2 Å². The molecule has 1 aromatic carbocycles. The summed E-state index contributed by atoms with van der Waals surface area (Å²) in [7, 11) is 1.71. The van der Waals surface area contributed by atoms with E-state index in [9.17, 15) is 9.50 Å². The van der Waals surface area contributed by atoms with E-state index in [0.717, 1.165) is 31.6 Å². The Morgan fingerprint density at radius 2 is 2.08 bits per heavy atom. The first-order chi connectivity index (χ1) is 11.8. The number of aromatic hydroxyl groups is 1. The van der Waals surface area contributed by atoms with Gasteiger partial charge in [-0.1, -0.05) is 26.8 Å². The number of hydrogen-bond donors (Lipinski definition) is 3. The first kappa shape index (κ1) is 23.0. The minimum atomic E-state index is -0.616. The predicted octanol–water partition coefficient (Wildman–Crippen LogP) is 3.66. The predicted molar refractivity (Wildman–Crippen MR) is 114 cm³/mol. The maximum Gasteiger partial charge on any atom is 0.191 e. The molecular weight excluding hydrogens is 448 g/mol. The van der Waals surface area contributed by atoms with Crippen LogP contribution in [0.15, 0.2) is 23.2 Å². The van der Waals surface area contributed by atoms with Crippen LogP contribution < -0.4 is 10.6 Å². The number of halogens is 2. The van der Waals surface area contributed by atoms with Crippen molar-refractivity contribution in [1.29, 1.82) is 0 Å². The standard InChI is InChI=1S/C19H30FN3O2.HI/c1-19(2,3)17-14(6-5-9-25-17)12-23-18(21-4)22-11-13-7-8-16(24)15(20)10-13;/h7-8,10,14,17,24H,5-6,9,11-12H2,1-4H3,(H2,21,22,23);1H. The van der Waals surface area contributed by atoms with Crippen molar-refractivity contribution in [1.82, 2.24) is 10.6 Å². The molecule has 0 saturated carbocycles. The van der Waals surface area contributed by atoms with Gasteiger partial charge in [0.2, 0.25) is 0 Å². The average molecular weight is 479 g/mol. The molecule has 1 heterocycles. The van der Waals surface area contributed by atoms with Crippen molar-refractivity contribution in [3.63, 3.8) is 0 Å². The molecule has 1 aliphatic rings. The molecule has 2 unspecified atom stereocenters. The largest absolute Gasteiger partial charge is 0.505 e. The van der Waals surface area contributed by atoms with Gasteiger partial charge in [-0.3, -0.25) is 4.99 Å². The fourth-order valence-electron chi connectivity index (χ4n) is 3.30. The Labute approximate surface area is 172 Å². The number of rotatable bonds is 4. The number of hydrogen-bond acceptors (Lipinski definition) is 3. The Kier molecular flexibility index (Phi) is 9.09. The minimum absolute atomic E-state index is 0. The van der Waals surface area contributed by atoms with Gasteiger partial charge in [0, 0.05) is 32.7 Å². The molecule has 0 aromatic heterocycles. The number of aliphatic imine (C=N–C) groups is 1. The number of phenolic OH excluding ortho intramolecular Hbond substituents is 1. The molecule has 2 atom stereocenters. The van der Waals surface area contributed by atoms with Crippen molar-refractivity contribution in [2.75, 3.05) is 20.2 Å². The molecule has 0 radical (unpaired) electrons. The number of nitrogens with zero attached hydrogens (tertiary/aromatic N) is 1. The summed E-state index contributed by atoms with van der Waals surface area (Å²) in [6.07, 6.45) is 2.44. The smallest absolute Gasteiger partial charge is 0.191 e. The van der Waals surface area contributed by atoms with E-state index in [-0.39, 0.29) is 41.2 Å². The molecule has 148 valence electrons. The first-order valence-corrected chi connectivity index (χ1v) is 8.84. The molecule has 0 aliphatic carbocycles. The zero-order valence-corrected chi connectivity index (χ0v) is 18.3. The summed E-state index contributed by atoms with van der Waals surface area (Å²) >= 11 is 0. The Balaban J connectivity index is 0.00000338. The highest BCUT2D eigenvalue weighted by Gasteiger charge is 2.35. The third-order valence-electron chi connectivity index (χ3n) is 4.53. The SMILES string of the molecule is CN=C(NCc1ccc(O)c(F)c1)NCC1CCCOC1C(C)(C)C.I. The second kappa shape index (κ2) is 10.3. The Morgan fingerprint density at radius 3 is 2.69 bits per heavy atom. The maximum atomic E-state index is 13.4. The van der Waals surface area contributed by atoms with Gasteiger partial charge in [-0.05, 0) is 36.0 Å². The second-order valence-electron chi connectivity index (χ2n) is 7.65. The fraction of sp³-hybridized carbons (Fsp3) is 0.632. The van der Waals surface area contributed by atoms with Crippen LogP contribution in [0.2, 0.25) is 0 Å². The number of ether oxygens (including phenoxy) is 1. The molecule has 0 spiro atoms. The van der Waals surface area contributed by atoms with Crippen LogP contribution >= 0.6 is 24.0 Å². The Hall–Kier alpha value is -1.09. The van der Waals surface area contributed by atoms with Gasteiger partial charge < -0.3 is 20.5 Å². The molecular formula is C19H31FIN3O2. The molecule has 3 N–H and O–H groups in total. The molecule has 1 aliphatic heterocycles. The lowest BCUT2D eigenvalue weighted by Crippen LogP contribution is -2.47. The van der Waals surface area contributed by atoms with Gasteiger partial charge in [-0.15, -0.1) is 24.0 Å². The van der Waals surface area contributed by atoms with Crippen molar-refractivity contribution >= 4 is 29.9 Å². The molecule has 1 fully saturated rings. The zero-order valence-electron chi connectivity index (χ0n) is 16.0.